The zero-order valence-corrected chi connectivity index (χ0v) is 14.1. The highest BCUT2D eigenvalue weighted by Gasteiger charge is 2.16. The predicted octanol–water partition coefficient (Wildman–Crippen LogP) is 4.71. The Kier molecular flexibility index (Phi) is 4.79. The van der Waals surface area contributed by atoms with Crippen LogP contribution in [0.3, 0.4) is 0 Å². The standard InChI is InChI=1S/C19H19N3O3/c1-3-25-15-6-4-5-14(11-15)13(2)21-18-7-8-19(22(23)24)17-12-20-10-9-16(17)18/h4-13,21H,3H2,1-2H3. The summed E-state index contributed by atoms with van der Waals surface area (Å²) in [6, 6.07) is 12.9. The summed E-state index contributed by atoms with van der Waals surface area (Å²) >= 11 is 0. The second-order valence-corrected chi connectivity index (χ2v) is 5.68. The van der Waals surface area contributed by atoms with Gasteiger partial charge in [0.15, 0.2) is 0 Å². The molecule has 1 N–H and O–H groups in total. The summed E-state index contributed by atoms with van der Waals surface area (Å²) in [6.07, 6.45) is 3.16. The van der Waals surface area contributed by atoms with E-state index in [1.807, 2.05) is 38.1 Å². The topological polar surface area (TPSA) is 77.3 Å². The first-order chi connectivity index (χ1) is 12.1. The van der Waals surface area contributed by atoms with Gasteiger partial charge in [-0.1, -0.05) is 12.1 Å². The molecular formula is C19H19N3O3. The Balaban J connectivity index is 1.94. The molecule has 6 heteroatoms. The summed E-state index contributed by atoms with van der Waals surface area (Å²) in [5, 5.41) is 15.9. The summed E-state index contributed by atoms with van der Waals surface area (Å²) in [5.74, 6) is 0.825. The molecule has 1 atom stereocenters. The van der Waals surface area contributed by atoms with E-state index in [0.717, 1.165) is 22.4 Å². The fourth-order valence-corrected chi connectivity index (χ4v) is 2.82. The molecule has 0 bridgehead atoms. The van der Waals surface area contributed by atoms with Crippen LogP contribution in [0.2, 0.25) is 0 Å². The summed E-state index contributed by atoms with van der Waals surface area (Å²) in [7, 11) is 0. The highest BCUT2D eigenvalue weighted by Crippen LogP contribution is 2.33. The molecule has 1 aromatic heterocycles. The van der Waals surface area contributed by atoms with E-state index in [-0.39, 0.29) is 16.7 Å². The van der Waals surface area contributed by atoms with Crippen molar-refractivity contribution in [3.05, 3.63) is 70.5 Å². The Morgan fingerprint density at radius 2 is 2.08 bits per heavy atom. The maximum absolute atomic E-state index is 11.2. The van der Waals surface area contributed by atoms with E-state index in [1.54, 1.807) is 18.3 Å². The first-order valence-electron chi connectivity index (χ1n) is 8.10. The quantitative estimate of drug-likeness (QED) is 0.520. The second kappa shape index (κ2) is 7.17. The summed E-state index contributed by atoms with van der Waals surface area (Å²) in [5.41, 5.74) is 1.96. The zero-order valence-electron chi connectivity index (χ0n) is 14.1. The molecule has 3 rings (SSSR count). The maximum atomic E-state index is 11.2. The van der Waals surface area contributed by atoms with Crippen LogP contribution in [0.4, 0.5) is 11.4 Å². The van der Waals surface area contributed by atoms with Gasteiger partial charge in [0.2, 0.25) is 0 Å². The van der Waals surface area contributed by atoms with Crippen LogP contribution in [0.5, 0.6) is 5.75 Å². The van der Waals surface area contributed by atoms with Gasteiger partial charge < -0.3 is 10.1 Å². The van der Waals surface area contributed by atoms with Crippen molar-refractivity contribution in [2.75, 3.05) is 11.9 Å². The van der Waals surface area contributed by atoms with Crippen molar-refractivity contribution in [1.29, 1.82) is 0 Å². The van der Waals surface area contributed by atoms with Crippen LogP contribution in [-0.4, -0.2) is 16.5 Å². The van der Waals surface area contributed by atoms with Crippen LogP contribution >= 0.6 is 0 Å². The smallest absolute Gasteiger partial charge is 0.278 e. The van der Waals surface area contributed by atoms with Gasteiger partial charge >= 0.3 is 0 Å². The third-order valence-corrected chi connectivity index (χ3v) is 4.03. The van der Waals surface area contributed by atoms with Crippen LogP contribution < -0.4 is 10.1 Å². The van der Waals surface area contributed by atoms with Gasteiger partial charge in [-0.15, -0.1) is 0 Å². The molecule has 0 fully saturated rings. The van der Waals surface area contributed by atoms with Crippen LogP contribution in [0.15, 0.2) is 54.9 Å². The number of fused-ring (bicyclic) bond motifs is 1. The largest absolute Gasteiger partial charge is 0.494 e. The number of benzene rings is 2. The molecule has 0 aliphatic heterocycles. The average Bonchev–Trinajstić information content (AvgIpc) is 2.62. The molecule has 0 aliphatic rings. The van der Waals surface area contributed by atoms with E-state index in [4.69, 9.17) is 4.74 Å². The molecule has 0 saturated heterocycles. The molecule has 0 saturated carbocycles. The lowest BCUT2D eigenvalue weighted by Crippen LogP contribution is -2.07. The van der Waals surface area contributed by atoms with Gasteiger partial charge in [-0.05, 0) is 43.7 Å². The summed E-state index contributed by atoms with van der Waals surface area (Å²) in [6.45, 7) is 4.61. The highest BCUT2D eigenvalue weighted by atomic mass is 16.6. The monoisotopic (exact) mass is 337 g/mol. The van der Waals surface area contributed by atoms with Crippen molar-refractivity contribution in [2.45, 2.75) is 19.9 Å². The first-order valence-corrected chi connectivity index (χ1v) is 8.10. The molecule has 2 aromatic carbocycles. The molecule has 0 radical (unpaired) electrons. The van der Waals surface area contributed by atoms with E-state index in [0.29, 0.717) is 12.0 Å². The molecule has 0 amide bonds. The van der Waals surface area contributed by atoms with Gasteiger partial charge in [-0.2, -0.15) is 0 Å². The van der Waals surface area contributed by atoms with Gasteiger partial charge in [-0.3, -0.25) is 15.1 Å². The van der Waals surface area contributed by atoms with Crippen molar-refractivity contribution >= 4 is 22.1 Å². The number of anilines is 1. The second-order valence-electron chi connectivity index (χ2n) is 5.68. The Labute approximate surface area is 145 Å². The number of hydrogen-bond acceptors (Lipinski definition) is 5. The lowest BCUT2D eigenvalue weighted by molar-refractivity contribution is -0.383. The maximum Gasteiger partial charge on any atom is 0.278 e. The number of ether oxygens (including phenoxy) is 1. The van der Waals surface area contributed by atoms with E-state index in [9.17, 15) is 10.1 Å². The van der Waals surface area contributed by atoms with Crippen molar-refractivity contribution in [3.63, 3.8) is 0 Å². The summed E-state index contributed by atoms with van der Waals surface area (Å²) in [4.78, 5) is 14.8. The average molecular weight is 337 g/mol. The van der Waals surface area contributed by atoms with Crippen molar-refractivity contribution in [2.24, 2.45) is 0 Å². The molecule has 1 heterocycles. The molecule has 0 spiro atoms. The van der Waals surface area contributed by atoms with Gasteiger partial charge in [0.05, 0.1) is 16.9 Å². The van der Waals surface area contributed by atoms with Crippen LogP contribution in [0.25, 0.3) is 10.8 Å². The van der Waals surface area contributed by atoms with Gasteiger partial charge in [-0.25, -0.2) is 0 Å². The number of rotatable bonds is 6. The van der Waals surface area contributed by atoms with Crippen LogP contribution in [0.1, 0.15) is 25.5 Å². The van der Waals surface area contributed by atoms with Crippen LogP contribution in [0, 0.1) is 10.1 Å². The number of nitrogens with one attached hydrogen (secondary N) is 1. The highest BCUT2D eigenvalue weighted by molar-refractivity contribution is 5.99. The van der Waals surface area contributed by atoms with E-state index < -0.39 is 0 Å². The van der Waals surface area contributed by atoms with E-state index >= 15 is 0 Å². The molecular weight excluding hydrogens is 318 g/mol. The van der Waals surface area contributed by atoms with Crippen molar-refractivity contribution < 1.29 is 9.66 Å². The molecule has 3 aromatic rings. The molecule has 6 nitrogen and oxygen atoms in total. The third-order valence-electron chi connectivity index (χ3n) is 4.03. The van der Waals surface area contributed by atoms with Gasteiger partial charge in [0.25, 0.3) is 5.69 Å². The number of hydrogen-bond donors (Lipinski definition) is 1. The van der Waals surface area contributed by atoms with Crippen molar-refractivity contribution in [3.8, 4) is 5.75 Å². The van der Waals surface area contributed by atoms with E-state index in [2.05, 4.69) is 10.3 Å². The minimum Gasteiger partial charge on any atom is -0.494 e. The lowest BCUT2D eigenvalue weighted by Gasteiger charge is -2.18. The number of non-ortho nitro benzene ring substituents is 1. The minimum absolute atomic E-state index is 0.0122. The van der Waals surface area contributed by atoms with Crippen LogP contribution in [-0.2, 0) is 0 Å². The Morgan fingerprint density at radius 1 is 1.24 bits per heavy atom. The number of pyridine rings is 1. The van der Waals surface area contributed by atoms with Gasteiger partial charge in [0.1, 0.15) is 5.75 Å². The van der Waals surface area contributed by atoms with Crippen molar-refractivity contribution in [1.82, 2.24) is 4.98 Å². The minimum atomic E-state index is -0.386. The lowest BCUT2D eigenvalue weighted by atomic mass is 10.1. The number of nitro groups is 1. The van der Waals surface area contributed by atoms with Gasteiger partial charge in [0, 0.05) is 35.6 Å². The van der Waals surface area contributed by atoms with E-state index in [1.165, 1.54) is 12.3 Å². The fraction of sp³-hybridized carbons (Fsp3) is 0.211. The fourth-order valence-electron chi connectivity index (χ4n) is 2.82. The Hall–Kier alpha value is -3.15. The Morgan fingerprint density at radius 3 is 2.84 bits per heavy atom. The summed E-state index contributed by atoms with van der Waals surface area (Å²) < 4.78 is 5.55. The first kappa shape index (κ1) is 16.7. The molecule has 0 aliphatic carbocycles. The zero-order chi connectivity index (χ0) is 17.8. The Bertz CT molecular complexity index is 911. The normalized spacial score (nSPS) is 11.9. The molecule has 128 valence electrons. The number of aromatic nitrogens is 1. The molecule has 1 unspecified atom stereocenters. The number of nitro benzene ring substituents is 1. The third kappa shape index (κ3) is 3.52. The number of nitrogens with zero attached hydrogens (tertiary/aromatic N) is 2. The molecule has 25 heavy (non-hydrogen) atoms. The predicted molar refractivity (Wildman–Crippen MR) is 98.0 cm³/mol. The SMILES string of the molecule is CCOc1cccc(C(C)Nc2ccc([N+](=O)[O-])c3cnccc23)c1.